The highest BCUT2D eigenvalue weighted by molar-refractivity contribution is 5.85. The van der Waals surface area contributed by atoms with Gasteiger partial charge in [-0.2, -0.15) is 5.10 Å². The fourth-order valence-electron chi connectivity index (χ4n) is 5.16. The van der Waals surface area contributed by atoms with Crippen molar-refractivity contribution < 1.29 is 0 Å². The molecule has 0 radical (unpaired) electrons. The number of pyridine rings is 2. The van der Waals surface area contributed by atoms with E-state index in [1.807, 2.05) is 48.7 Å². The lowest BCUT2D eigenvalue weighted by Crippen LogP contribution is -2.35. The Labute approximate surface area is 242 Å². The number of aromatic nitrogens is 8. The van der Waals surface area contributed by atoms with E-state index >= 15 is 0 Å². The van der Waals surface area contributed by atoms with Gasteiger partial charge < -0.3 is 21.7 Å². The number of nitrogen functional groups attached to an aromatic ring is 2. The van der Waals surface area contributed by atoms with Gasteiger partial charge in [-0.3, -0.25) is 5.10 Å². The molecule has 6 N–H and O–H groups in total. The van der Waals surface area contributed by atoms with E-state index < -0.39 is 0 Å². The normalized spacial score (nSPS) is 14.9. The lowest BCUT2D eigenvalue weighted by atomic mass is 9.93. The van der Waals surface area contributed by atoms with Gasteiger partial charge in [0.05, 0.1) is 17.2 Å². The Morgan fingerprint density at radius 1 is 0.881 bits per heavy atom. The molecule has 212 valence electrons. The van der Waals surface area contributed by atoms with Crippen molar-refractivity contribution in [1.82, 2.24) is 40.1 Å². The van der Waals surface area contributed by atoms with Gasteiger partial charge in [0.2, 0.25) is 0 Å². The van der Waals surface area contributed by atoms with E-state index in [0.29, 0.717) is 35.1 Å². The van der Waals surface area contributed by atoms with Crippen molar-refractivity contribution in [2.45, 2.75) is 32.2 Å². The number of piperidine rings is 1. The van der Waals surface area contributed by atoms with Crippen LogP contribution in [-0.4, -0.2) is 53.2 Å². The van der Waals surface area contributed by atoms with Gasteiger partial charge in [-0.15, -0.1) is 0 Å². The molecule has 1 saturated heterocycles. The molecule has 6 aromatic rings. The molecule has 12 nitrogen and oxygen atoms in total. The number of benzene rings is 1. The number of rotatable bonds is 5. The third kappa shape index (κ3) is 5.87. The molecule has 1 aromatic carbocycles. The number of nitrogens with one attached hydrogen (secondary N) is 2. The number of hydrogen-bond donors (Lipinski definition) is 4. The molecular weight excluding hydrogens is 528 g/mol. The molecule has 6 heterocycles. The van der Waals surface area contributed by atoms with Gasteiger partial charge in [0.1, 0.15) is 35.3 Å². The summed E-state index contributed by atoms with van der Waals surface area (Å²) in [5, 5.41) is 10.6. The van der Waals surface area contributed by atoms with Crippen molar-refractivity contribution in [1.29, 1.82) is 0 Å². The summed E-state index contributed by atoms with van der Waals surface area (Å²) in [5.41, 5.74) is 18.2. The molecule has 1 fully saturated rings. The van der Waals surface area contributed by atoms with Gasteiger partial charge in [0.15, 0.2) is 11.6 Å². The fourth-order valence-corrected chi connectivity index (χ4v) is 5.16. The molecule has 0 aliphatic carbocycles. The zero-order valence-electron chi connectivity index (χ0n) is 23.3. The summed E-state index contributed by atoms with van der Waals surface area (Å²) >= 11 is 0. The minimum Gasteiger partial charge on any atom is -0.382 e. The van der Waals surface area contributed by atoms with Crippen LogP contribution in [0.25, 0.3) is 22.1 Å². The summed E-state index contributed by atoms with van der Waals surface area (Å²) < 4.78 is 0. The molecule has 1 aliphatic rings. The van der Waals surface area contributed by atoms with Crippen LogP contribution < -0.4 is 21.7 Å². The molecule has 0 amide bonds. The second-order valence-electron chi connectivity index (χ2n) is 10.2. The lowest BCUT2D eigenvalue weighted by Gasteiger charge is -2.33. The van der Waals surface area contributed by atoms with Crippen LogP contribution in [0.3, 0.4) is 0 Å². The third-order valence-electron chi connectivity index (χ3n) is 7.34. The average Bonchev–Trinajstić information content (AvgIpc) is 3.47. The number of anilines is 4. The van der Waals surface area contributed by atoms with Crippen molar-refractivity contribution >= 4 is 45.3 Å². The Morgan fingerprint density at radius 3 is 2.31 bits per heavy atom. The molecule has 7 rings (SSSR count). The summed E-state index contributed by atoms with van der Waals surface area (Å²) in [4.78, 5) is 27.7. The first-order chi connectivity index (χ1) is 20.5. The SMILES string of the molecule is Cc1cn[nH]c1C1CCCN(c2ccc3ncnc(N)c3n2)C1.Nc1ncnc2ccc(NCc3ccccc3)nc12. The predicted octanol–water partition coefficient (Wildman–Crippen LogP) is 4.24. The molecule has 0 saturated carbocycles. The van der Waals surface area contributed by atoms with Crippen molar-refractivity contribution in [3.05, 3.63) is 90.3 Å². The molecule has 42 heavy (non-hydrogen) atoms. The number of fused-ring (bicyclic) bond motifs is 2. The number of aromatic amines is 1. The molecule has 0 bridgehead atoms. The molecule has 12 heteroatoms. The Morgan fingerprint density at radius 2 is 1.60 bits per heavy atom. The maximum atomic E-state index is 5.93. The van der Waals surface area contributed by atoms with Gasteiger partial charge in [0.25, 0.3) is 0 Å². The van der Waals surface area contributed by atoms with Crippen molar-refractivity contribution in [2.24, 2.45) is 0 Å². The minimum atomic E-state index is 0.397. The first kappa shape index (κ1) is 26.8. The lowest BCUT2D eigenvalue weighted by molar-refractivity contribution is 0.497. The van der Waals surface area contributed by atoms with E-state index in [4.69, 9.17) is 11.5 Å². The Bertz CT molecular complexity index is 1800. The first-order valence-electron chi connectivity index (χ1n) is 13.8. The first-order valence-corrected chi connectivity index (χ1v) is 13.8. The van der Waals surface area contributed by atoms with Crippen LogP contribution in [0, 0.1) is 6.92 Å². The van der Waals surface area contributed by atoms with E-state index in [1.54, 1.807) is 0 Å². The van der Waals surface area contributed by atoms with Crippen LogP contribution in [0.1, 0.15) is 35.6 Å². The minimum absolute atomic E-state index is 0.397. The van der Waals surface area contributed by atoms with E-state index in [1.165, 1.54) is 35.9 Å². The van der Waals surface area contributed by atoms with E-state index in [-0.39, 0.29) is 0 Å². The number of aryl methyl sites for hydroxylation is 1. The maximum absolute atomic E-state index is 5.93. The molecule has 0 spiro atoms. The van der Waals surface area contributed by atoms with E-state index in [9.17, 15) is 0 Å². The number of H-pyrrole nitrogens is 1. The van der Waals surface area contributed by atoms with E-state index in [2.05, 4.69) is 69.4 Å². The van der Waals surface area contributed by atoms with Gasteiger partial charge in [-0.25, -0.2) is 29.9 Å². The molecular formula is C30H32N12. The summed E-state index contributed by atoms with van der Waals surface area (Å²) in [7, 11) is 0. The second-order valence-corrected chi connectivity index (χ2v) is 10.2. The highest BCUT2D eigenvalue weighted by atomic mass is 15.2. The monoisotopic (exact) mass is 560 g/mol. The Hall–Kier alpha value is -5.39. The van der Waals surface area contributed by atoms with Crippen LogP contribution >= 0.6 is 0 Å². The Kier molecular flexibility index (Phi) is 7.66. The van der Waals surface area contributed by atoms with Gasteiger partial charge >= 0.3 is 0 Å². The molecule has 1 aliphatic heterocycles. The Balaban J connectivity index is 0.000000153. The molecule has 1 atom stereocenters. The van der Waals surface area contributed by atoms with Crippen LogP contribution in [0.2, 0.25) is 0 Å². The fraction of sp³-hybridized carbons (Fsp3) is 0.233. The highest BCUT2D eigenvalue weighted by Crippen LogP contribution is 2.30. The smallest absolute Gasteiger partial charge is 0.153 e. The number of hydrogen-bond acceptors (Lipinski definition) is 11. The summed E-state index contributed by atoms with van der Waals surface area (Å²) in [5.74, 6) is 2.97. The van der Waals surface area contributed by atoms with Gasteiger partial charge in [-0.05, 0) is 55.2 Å². The average molecular weight is 561 g/mol. The quantitative estimate of drug-likeness (QED) is 0.237. The largest absolute Gasteiger partial charge is 0.382 e. The van der Waals surface area contributed by atoms with E-state index in [0.717, 1.165) is 42.2 Å². The van der Waals surface area contributed by atoms with Crippen LogP contribution in [0.15, 0.2) is 73.4 Å². The van der Waals surface area contributed by atoms with Crippen LogP contribution in [-0.2, 0) is 6.54 Å². The number of nitrogens with zero attached hydrogens (tertiary/aromatic N) is 8. The van der Waals surface area contributed by atoms with Crippen molar-refractivity contribution in [2.75, 3.05) is 34.8 Å². The highest BCUT2D eigenvalue weighted by Gasteiger charge is 2.25. The second kappa shape index (κ2) is 12.0. The van der Waals surface area contributed by atoms with Crippen LogP contribution in [0.4, 0.5) is 23.3 Å². The summed E-state index contributed by atoms with van der Waals surface area (Å²) in [6, 6.07) is 17.9. The van der Waals surface area contributed by atoms with Crippen molar-refractivity contribution in [3.8, 4) is 0 Å². The predicted molar refractivity (Wildman–Crippen MR) is 165 cm³/mol. The van der Waals surface area contributed by atoms with Crippen molar-refractivity contribution in [3.63, 3.8) is 0 Å². The number of nitrogens with two attached hydrogens (primary N) is 2. The maximum Gasteiger partial charge on any atom is 0.153 e. The summed E-state index contributed by atoms with van der Waals surface area (Å²) in [6.07, 6.45) is 7.09. The molecule has 1 unspecified atom stereocenters. The third-order valence-corrected chi connectivity index (χ3v) is 7.34. The van der Waals surface area contributed by atoms with Gasteiger partial charge in [0, 0.05) is 31.2 Å². The summed E-state index contributed by atoms with van der Waals surface area (Å²) in [6.45, 7) is 4.74. The zero-order chi connectivity index (χ0) is 28.9. The molecule has 5 aromatic heterocycles. The van der Waals surface area contributed by atoms with Crippen LogP contribution in [0.5, 0.6) is 0 Å². The zero-order valence-corrected chi connectivity index (χ0v) is 23.3. The standard InChI is InChI=1S/C16H19N7.C14H13N5/c1-10-7-20-22-14(10)11-3-2-6-23(8-11)13-5-4-12-15(21-13)16(17)19-9-18-12;15-14-13-11(17-9-18-14)6-7-12(19-13)16-8-10-4-2-1-3-5-10/h4-5,7,9,11H,2-3,6,8H2,1H3,(H,20,22)(H2,17,18,19);1-7,9H,8H2,(H,16,19)(H2,15,17,18). The topological polar surface area (TPSA) is 173 Å². The van der Waals surface area contributed by atoms with Gasteiger partial charge in [-0.1, -0.05) is 30.3 Å².